The standard InChI is InChI=1S/C6H7NO.Pd/c7-5-3-1-2-4-6(5)8;/h1-4,8H,7H2;. The summed E-state index contributed by atoms with van der Waals surface area (Å²) in [7, 11) is 0. The van der Waals surface area contributed by atoms with Crippen LogP contribution in [0.2, 0.25) is 0 Å². The molecule has 52 valence electrons. The van der Waals surface area contributed by atoms with Gasteiger partial charge < -0.3 is 10.8 Å². The molecule has 1 aromatic carbocycles. The summed E-state index contributed by atoms with van der Waals surface area (Å²) in [4.78, 5) is 0. The Morgan fingerprint density at radius 2 is 1.78 bits per heavy atom. The van der Waals surface area contributed by atoms with E-state index in [2.05, 4.69) is 0 Å². The molecule has 0 atom stereocenters. The van der Waals surface area contributed by atoms with Crippen LogP contribution in [0.1, 0.15) is 0 Å². The second-order valence-electron chi connectivity index (χ2n) is 1.56. The van der Waals surface area contributed by atoms with Crippen molar-refractivity contribution in [2.45, 2.75) is 0 Å². The first-order chi connectivity index (χ1) is 3.80. The molecule has 9 heavy (non-hydrogen) atoms. The predicted molar refractivity (Wildman–Crippen MR) is 32.5 cm³/mol. The van der Waals surface area contributed by atoms with Crippen molar-refractivity contribution in [2.24, 2.45) is 0 Å². The Morgan fingerprint density at radius 3 is 2.11 bits per heavy atom. The van der Waals surface area contributed by atoms with E-state index in [9.17, 15) is 0 Å². The Hall–Kier alpha value is -0.518. The molecular formula is C6H7NOPd. The quantitative estimate of drug-likeness (QED) is 0.385. The third-order valence-electron chi connectivity index (χ3n) is 0.937. The number of rotatable bonds is 0. The van der Waals surface area contributed by atoms with E-state index >= 15 is 0 Å². The van der Waals surface area contributed by atoms with Crippen LogP contribution >= 0.6 is 0 Å². The zero-order chi connectivity index (χ0) is 5.98. The molecule has 0 heterocycles. The van der Waals surface area contributed by atoms with Gasteiger partial charge in [-0.2, -0.15) is 0 Å². The van der Waals surface area contributed by atoms with Crippen LogP contribution in [-0.2, 0) is 20.4 Å². The molecular weight excluding hydrogens is 208 g/mol. The number of hydrogen-bond acceptors (Lipinski definition) is 2. The topological polar surface area (TPSA) is 46.2 Å². The fraction of sp³-hybridized carbons (Fsp3) is 0. The number of anilines is 1. The first-order valence-corrected chi connectivity index (χ1v) is 2.34. The van der Waals surface area contributed by atoms with Crippen LogP contribution in [0.25, 0.3) is 0 Å². The first-order valence-electron chi connectivity index (χ1n) is 2.34. The number of para-hydroxylation sites is 2. The van der Waals surface area contributed by atoms with Crippen molar-refractivity contribution >= 4 is 5.69 Å². The van der Waals surface area contributed by atoms with Crippen molar-refractivity contribution in [3.05, 3.63) is 24.3 Å². The smallest absolute Gasteiger partial charge is 0.138 e. The van der Waals surface area contributed by atoms with Gasteiger partial charge in [0.15, 0.2) is 0 Å². The monoisotopic (exact) mass is 215 g/mol. The predicted octanol–water partition coefficient (Wildman–Crippen LogP) is 0.972. The molecule has 0 radical (unpaired) electrons. The maximum Gasteiger partial charge on any atom is 0.138 e. The van der Waals surface area contributed by atoms with E-state index < -0.39 is 0 Å². The van der Waals surface area contributed by atoms with Crippen LogP contribution in [0.15, 0.2) is 24.3 Å². The molecule has 2 nitrogen and oxygen atoms in total. The molecule has 0 aromatic heterocycles. The Bertz CT molecular complexity index is 169. The maximum atomic E-state index is 8.79. The SMILES string of the molecule is Nc1ccccc1O.[Pd]. The molecule has 0 amide bonds. The number of benzene rings is 1. The third kappa shape index (κ3) is 2.05. The first kappa shape index (κ1) is 8.48. The average molecular weight is 216 g/mol. The molecule has 0 aliphatic rings. The molecule has 3 N–H and O–H groups in total. The van der Waals surface area contributed by atoms with Crippen molar-refractivity contribution in [1.82, 2.24) is 0 Å². The van der Waals surface area contributed by atoms with Crippen molar-refractivity contribution in [2.75, 3.05) is 5.73 Å². The van der Waals surface area contributed by atoms with Crippen LogP contribution in [0, 0.1) is 0 Å². The van der Waals surface area contributed by atoms with Gasteiger partial charge in [-0.1, -0.05) is 12.1 Å². The molecule has 0 saturated carbocycles. The summed E-state index contributed by atoms with van der Waals surface area (Å²) in [6.07, 6.45) is 0. The fourth-order valence-corrected chi connectivity index (χ4v) is 0.488. The molecule has 0 saturated heterocycles. The van der Waals surface area contributed by atoms with Crippen LogP contribution in [-0.4, -0.2) is 5.11 Å². The van der Waals surface area contributed by atoms with Gasteiger partial charge in [0.25, 0.3) is 0 Å². The van der Waals surface area contributed by atoms with Crippen molar-refractivity contribution in [3.63, 3.8) is 0 Å². The van der Waals surface area contributed by atoms with E-state index in [0.717, 1.165) is 0 Å². The normalized spacial score (nSPS) is 8.00. The Morgan fingerprint density at radius 1 is 1.22 bits per heavy atom. The van der Waals surface area contributed by atoms with E-state index in [1.54, 1.807) is 24.3 Å². The number of hydrogen-bond donors (Lipinski definition) is 2. The van der Waals surface area contributed by atoms with Gasteiger partial charge in [0, 0.05) is 20.4 Å². The molecule has 0 fully saturated rings. The van der Waals surface area contributed by atoms with Gasteiger partial charge in [-0.15, -0.1) is 0 Å². The summed E-state index contributed by atoms with van der Waals surface area (Å²) in [6, 6.07) is 6.70. The van der Waals surface area contributed by atoms with Crippen LogP contribution in [0.5, 0.6) is 5.75 Å². The minimum absolute atomic E-state index is 0. The van der Waals surface area contributed by atoms with Crippen molar-refractivity contribution in [3.8, 4) is 5.75 Å². The number of nitrogen functional groups attached to an aromatic ring is 1. The van der Waals surface area contributed by atoms with E-state index in [-0.39, 0.29) is 26.2 Å². The number of phenolic OH excluding ortho intramolecular Hbond substituents is 1. The minimum atomic E-state index is 0. The van der Waals surface area contributed by atoms with Gasteiger partial charge in [-0.3, -0.25) is 0 Å². The largest absolute Gasteiger partial charge is 0.506 e. The Balaban J connectivity index is 0.000000640. The zero-order valence-corrected chi connectivity index (χ0v) is 6.20. The van der Waals surface area contributed by atoms with E-state index in [4.69, 9.17) is 10.8 Å². The summed E-state index contributed by atoms with van der Waals surface area (Å²) in [5.41, 5.74) is 5.69. The molecule has 1 rings (SSSR count). The molecule has 3 heteroatoms. The zero-order valence-electron chi connectivity index (χ0n) is 4.65. The van der Waals surface area contributed by atoms with Gasteiger partial charge in [0.05, 0.1) is 5.69 Å². The molecule has 1 aromatic rings. The van der Waals surface area contributed by atoms with Gasteiger partial charge in [-0.25, -0.2) is 0 Å². The Kier molecular flexibility index (Phi) is 3.30. The third-order valence-corrected chi connectivity index (χ3v) is 0.937. The van der Waals surface area contributed by atoms with Crippen molar-refractivity contribution < 1.29 is 25.5 Å². The molecule has 0 unspecified atom stereocenters. The number of phenols is 1. The second kappa shape index (κ2) is 3.50. The van der Waals surface area contributed by atoms with Crippen molar-refractivity contribution in [1.29, 1.82) is 0 Å². The van der Waals surface area contributed by atoms with Gasteiger partial charge in [-0.05, 0) is 12.1 Å². The summed E-state index contributed by atoms with van der Waals surface area (Å²) < 4.78 is 0. The maximum absolute atomic E-state index is 8.79. The van der Waals surface area contributed by atoms with E-state index in [1.807, 2.05) is 0 Å². The van der Waals surface area contributed by atoms with E-state index in [1.165, 1.54) is 0 Å². The van der Waals surface area contributed by atoms with Gasteiger partial charge in [0.1, 0.15) is 5.75 Å². The molecule has 0 bridgehead atoms. The summed E-state index contributed by atoms with van der Waals surface area (Å²) in [5.74, 6) is 0.146. The fourth-order valence-electron chi connectivity index (χ4n) is 0.488. The summed E-state index contributed by atoms with van der Waals surface area (Å²) >= 11 is 0. The number of nitrogens with two attached hydrogens (primary N) is 1. The van der Waals surface area contributed by atoms with Crippen LogP contribution in [0.4, 0.5) is 5.69 Å². The van der Waals surface area contributed by atoms with E-state index in [0.29, 0.717) is 5.69 Å². The van der Waals surface area contributed by atoms with Gasteiger partial charge >= 0.3 is 0 Å². The van der Waals surface area contributed by atoms with Gasteiger partial charge in [0.2, 0.25) is 0 Å². The molecule has 0 aliphatic carbocycles. The second-order valence-corrected chi connectivity index (χ2v) is 1.56. The van der Waals surface area contributed by atoms with Crippen LogP contribution < -0.4 is 5.73 Å². The number of aromatic hydroxyl groups is 1. The Labute approximate surface area is 67.3 Å². The molecule has 0 aliphatic heterocycles. The van der Waals surface area contributed by atoms with Crippen LogP contribution in [0.3, 0.4) is 0 Å². The average Bonchev–Trinajstić information content (AvgIpc) is 1.77. The summed E-state index contributed by atoms with van der Waals surface area (Å²) in [5, 5.41) is 8.79. The summed E-state index contributed by atoms with van der Waals surface area (Å²) in [6.45, 7) is 0. The minimum Gasteiger partial charge on any atom is -0.506 e. The molecule has 0 spiro atoms.